The van der Waals surface area contributed by atoms with Gasteiger partial charge in [0.25, 0.3) is 0 Å². The monoisotopic (exact) mass is 246 g/mol. The van der Waals surface area contributed by atoms with Crippen LogP contribution in [-0.4, -0.2) is 14.2 Å². The Bertz CT molecular complexity index is 409. The van der Waals surface area contributed by atoms with Gasteiger partial charge in [-0.1, -0.05) is 62.8 Å². The Labute approximate surface area is 105 Å². The van der Waals surface area contributed by atoms with Crippen molar-refractivity contribution in [1.29, 1.82) is 0 Å². The molecule has 0 amide bonds. The summed E-state index contributed by atoms with van der Waals surface area (Å²) in [5, 5.41) is 0. The van der Waals surface area contributed by atoms with Gasteiger partial charge >= 0.3 is 0 Å². The maximum atomic E-state index is 6.23. The smallest absolute Gasteiger partial charge is 0.120 e. The summed E-state index contributed by atoms with van der Waals surface area (Å²) in [5.41, 5.74) is 2.36. The van der Waals surface area contributed by atoms with Gasteiger partial charge in [-0.3, -0.25) is 0 Å². The highest BCUT2D eigenvalue weighted by Crippen LogP contribution is 2.61. The van der Waals surface area contributed by atoms with E-state index in [1.807, 2.05) is 0 Å². The van der Waals surface area contributed by atoms with E-state index in [2.05, 4.69) is 50.0 Å². The van der Waals surface area contributed by atoms with Crippen molar-refractivity contribution in [2.75, 3.05) is 0 Å². The van der Waals surface area contributed by atoms with E-state index in [4.69, 9.17) is 4.74 Å². The average molecular weight is 246 g/mol. The fourth-order valence-electron chi connectivity index (χ4n) is 3.52. The number of rotatable bonds is 2. The summed E-state index contributed by atoms with van der Waals surface area (Å²) in [5.74, 6) is 0. The molecule has 1 nitrogen and oxygen atoms in total. The van der Waals surface area contributed by atoms with E-state index in [0.29, 0.717) is 6.10 Å². The van der Waals surface area contributed by atoms with Gasteiger partial charge in [0.1, 0.15) is 5.60 Å². The maximum Gasteiger partial charge on any atom is 0.120 e. The van der Waals surface area contributed by atoms with Gasteiger partial charge < -0.3 is 4.74 Å². The molecule has 3 atom stereocenters. The SMILES string of the molecule is C[Si](C)(C)[C@@H]1CCC[C@]2(c3ccccc3)O[C@@H]12. The van der Waals surface area contributed by atoms with E-state index in [9.17, 15) is 0 Å². The summed E-state index contributed by atoms with van der Waals surface area (Å²) in [4.78, 5) is 0. The van der Waals surface area contributed by atoms with Crippen molar-refractivity contribution < 1.29 is 4.74 Å². The van der Waals surface area contributed by atoms with E-state index in [0.717, 1.165) is 5.54 Å². The molecular formula is C15H22OSi. The van der Waals surface area contributed by atoms with Crippen LogP contribution in [0.15, 0.2) is 30.3 Å². The van der Waals surface area contributed by atoms with Crippen molar-refractivity contribution in [3.8, 4) is 0 Å². The summed E-state index contributed by atoms with van der Waals surface area (Å²) < 4.78 is 6.23. The summed E-state index contributed by atoms with van der Waals surface area (Å²) in [6.45, 7) is 7.46. The number of epoxide rings is 1. The molecule has 0 aromatic heterocycles. The van der Waals surface area contributed by atoms with Crippen molar-refractivity contribution in [3.63, 3.8) is 0 Å². The Kier molecular flexibility index (Phi) is 2.49. The predicted molar refractivity (Wildman–Crippen MR) is 73.9 cm³/mol. The minimum atomic E-state index is -1.08. The molecule has 0 radical (unpaired) electrons. The predicted octanol–water partition coefficient (Wildman–Crippen LogP) is 4.17. The van der Waals surface area contributed by atoms with E-state index >= 15 is 0 Å². The zero-order valence-electron chi connectivity index (χ0n) is 11.1. The average Bonchev–Trinajstić information content (AvgIpc) is 3.04. The zero-order chi connectivity index (χ0) is 12.1. The molecule has 92 valence electrons. The standard InChI is InChI=1S/C15H22OSi/c1-17(2,3)13-10-7-11-15(14(13)16-15)12-8-5-4-6-9-12/h4-6,8-9,13-14H,7,10-11H2,1-3H3/t13-,14+,15-/m1/s1. The van der Waals surface area contributed by atoms with Gasteiger partial charge in [-0.25, -0.2) is 0 Å². The lowest BCUT2D eigenvalue weighted by atomic mass is 9.83. The third-order valence-electron chi connectivity index (χ3n) is 4.54. The molecule has 0 bridgehead atoms. The van der Waals surface area contributed by atoms with Gasteiger partial charge in [-0.05, 0) is 17.5 Å². The molecule has 1 saturated carbocycles. The van der Waals surface area contributed by atoms with Gasteiger partial charge in [-0.2, -0.15) is 0 Å². The van der Waals surface area contributed by atoms with Crippen LogP contribution in [0.2, 0.25) is 25.2 Å². The number of hydrogen-bond acceptors (Lipinski definition) is 1. The van der Waals surface area contributed by atoms with Crippen LogP contribution in [-0.2, 0) is 10.3 Å². The second-order valence-electron chi connectivity index (χ2n) is 6.66. The first kappa shape index (κ1) is 11.5. The Morgan fingerprint density at radius 1 is 1.18 bits per heavy atom. The van der Waals surface area contributed by atoms with E-state index in [-0.39, 0.29) is 5.60 Å². The minimum Gasteiger partial charge on any atom is -0.361 e. The number of hydrogen-bond donors (Lipinski definition) is 0. The molecule has 1 saturated heterocycles. The molecule has 2 heteroatoms. The third-order valence-corrected chi connectivity index (χ3v) is 7.36. The van der Waals surface area contributed by atoms with Crippen molar-refractivity contribution >= 4 is 8.07 Å². The molecule has 2 fully saturated rings. The van der Waals surface area contributed by atoms with E-state index in [1.165, 1.54) is 24.8 Å². The van der Waals surface area contributed by atoms with Crippen molar-refractivity contribution in [1.82, 2.24) is 0 Å². The molecular weight excluding hydrogens is 224 g/mol. The molecule has 3 rings (SSSR count). The first-order valence-electron chi connectivity index (χ1n) is 6.77. The van der Waals surface area contributed by atoms with Crippen molar-refractivity contribution in [3.05, 3.63) is 35.9 Å². The molecule has 2 aliphatic rings. The Morgan fingerprint density at radius 3 is 2.53 bits per heavy atom. The fraction of sp³-hybridized carbons (Fsp3) is 0.600. The van der Waals surface area contributed by atoms with Crippen molar-refractivity contribution in [2.24, 2.45) is 0 Å². The highest BCUT2D eigenvalue weighted by atomic mass is 28.3. The third kappa shape index (κ3) is 1.78. The van der Waals surface area contributed by atoms with E-state index in [1.54, 1.807) is 0 Å². The van der Waals surface area contributed by atoms with Crippen LogP contribution in [0.5, 0.6) is 0 Å². The van der Waals surface area contributed by atoms with Gasteiger partial charge in [0.05, 0.1) is 14.2 Å². The Hall–Kier alpha value is -0.603. The topological polar surface area (TPSA) is 12.5 Å². The molecule has 1 aliphatic carbocycles. The number of ether oxygens (including phenoxy) is 1. The normalized spacial score (nSPS) is 36.4. The van der Waals surface area contributed by atoms with Crippen LogP contribution in [0.3, 0.4) is 0 Å². The van der Waals surface area contributed by atoms with Crippen LogP contribution >= 0.6 is 0 Å². The van der Waals surface area contributed by atoms with E-state index < -0.39 is 8.07 Å². The second-order valence-corrected chi connectivity index (χ2v) is 12.1. The molecule has 0 unspecified atom stereocenters. The largest absolute Gasteiger partial charge is 0.361 e. The van der Waals surface area contributed by atoms with Crippen LogP contribution in [0.4, 0.5) is 0 Å². The summed E-state index contributed by atoms with van der Waals surface area (Å²) in [7, 11) is -1.08. The Balaban J connectivity index is 1.89. The molecule has 0 N–H and O–H groups in total. The number of fused-ring (bicyclic) bond motifs is 1. The van der Waals surface area contributed by atoms with Crippen LogP contribution in [0.25, 0.3) is 0 Å². The van der Waals surface area contributed by atoms with Crippen LogP contribution < -0.4 is 0 Å². The van der Waals surface area contributed by atoms with Crippen molar-refractivity contribution in [2.45, 2.75) is 56.1 Å². The Morgan fingerprint density at radius 2 is 1.88 bits per heavy atom. The van der Waals surface area contributed by atoms with Gasteiger partial charge in [0, 0.05) is 0 Å². The zero-order valence-corrected chi connectivity index (χ0v) is 12.1. The highest BCUT2D eigenvalue weighted by Gasteiger charge is 2.64. The highest BCUT2D eigenvalue weighted by molar-refractivity contribution is 6.77. The molecule has 1 aromatic rings. The quantitative estimate of drug-likeness (QED) is 0.563. The van der Waals surface area contributed by atoms with Gasteiger partial charge in [0.15, 0.2) is 0 Å². The molecule has 17 heavy (non-hydrogen) atoms. The first-order chi connectivity index (χ1) is 8.04. The second kappa shape index (κ2) is 3.69. The minimum absolute atomic E-state index is 0.102. The first-order valence-corrected chi connectivity index (χ1v) is 10.4. The molecule has 0 spiro atoms. The lowest BCUT2D eigenvalue weighted by Crippen LogP contribution is -2.36. The van der Waals surface area contributed by atoms with Gasteiger partial charge in [0.2, 0.25) is 0 Å². The van der Waals surface area contributed by atoms with Gasteiger partial charge in [-0.15, -0.1) is 0 Å². The number of benzene rings is 1. The summed E-state index contributed by atoms with van der Waals surface area (Å²) in [6, 6.07) is 10.9. The summed E-state index contributed by atoms with van der Waals surface area (Å²) >= 11 is 0. The molecule has 1 aromatic carbocycles. The molecule has 1 aliphatic heterocycles. The lowest BCUT2D eigenvalue weighted by molar-refractivity contribution is 0.289. The summed E-state index contributed by atoms with van der Waals surface area (Å²) in [6.07, 6.45) is 4.46. The maximum absolute atomic E-state index is 6.23. The fourth-order valence-corrected chi connectivity index (χ4v) is 5.84. The lowest BCUT2D eigenvalue weighted by Gasteiger charge is -2.32. The van der Waals surface area contributed by atoms with Crippen LogP contribution in [0, 0.1) is 0 Å². The van der Waals surface area contributed by atoms with Crippen LogP contribution in [0.1, 0.15) is 24.8 Å². The molecule has 1 heterocycles.